The molecule has 1 unspecified atom stereocenters. The number of benzene rings is 1. The molecule has 1 N–H and O–H groups in total. The van der Waals surface area contributed by atoms with Gasteiger partial charge in [-0.2, -0.15) is 0 Å². The van der Waals surface area contributed by atoms with Crippen molar-refractivity contribution in [3.8, 4) is 0 Å². The van der Waals surface area contributed by atoms with Gasteiger partial charge in [0.2, 0.25) is 0 Å². The maximum Gasteiger partial charge on any atom is 0.263 e. The second-order valence-electron chi connectivity index (χ2n) is 5.28. The van der Waals surface area contributed by atoms with E-state index < -0.39 is 0 Å². The summed E-state index contributed by atoms with van der Waals surface area (Å²) in [7, 11) is 0. The maximum atomic E-state index is 12.2. The van der Waals surface area contributed by atoms with Gasteiger partial charge >= 0.3 is 0 Å². The van der Waals surface area contributed by atoms with Crippen LogP contribution in [0.2, 0.25) is 0 Å². The van der Waals surface area contributed by atoms with Crippen molar-refractivity contribution in [3.63, 3.8) is 0 Å². The van der Waals surface area contributed by atoms with Crippen LogP contribution in [-0.2, 0) is 12.8 Å². The molecule has 1 heterocycles. The molecule has 0 aliphatic heterocycles. The number of rotatable bonds is 2. The first-order valence-corrected chi connectivity index (χ1v) is 7.84. The summed E-state index contributed by atoms with van der Waals surface area (Å²) in [6, 6.07) is 8.78. The number of aryl methyl sites for hydroxylation is 2. The van der Waals surface area contributed by atoms with E-state index >= 15 is 0 Å². The molecule has 104 valence electrons. The first kappa shape index (κ1) is 13.3. The van der Waals surface area contributed by atoms with Crippen LogP contribution >= 0.6 is 11.3 Å². The lowest BCUT2D eigenvalue weighted by molar-refractivity contribution is 0.0939. The van der Waals surface area contributed by atoms with Crippen LogP contribution in [0.3, 0.4) is 0 Å². The minimum Gasteiger partial charge on any atom is -0.348 e. The van der Waals surface area contributed by atoms with Crippen LogP contribution in [0.15, 0.2) is 30.5 Å². The highest BCUT2D eigenvalue weighted by Gasteiger charge is 2.19. The molecule has 4 heteroatoms. The van der Waals surface area contributed by atoms with E-state index in [0.29, 0.717) is 4.88 Å². The molecule has 1 aliphatic carbocycles. The molecule has 0 bridgehead atoms. The largest absolute Gasteiger partial charge is 0.348 e. The topological polar surface area (TPSA) is 42.0 Å². The Kier molecular flexibility index (Phi) is 3.83. The van der Waals surface area contributed by atoms with Crippen molar-refractivity contribution in [2.45, 2.75) is 38.6 Å². The summed E-state index contributed by atoms with van der Waals surface area (Å²) in [4.78, 5) is 17.1. The summed E-state index contributed by atoms with van der Waals surface area (Å²) in [5, 5.41) is 4.09. The van der Waals surface area contributed by atoms with Gasteiger partial charge in [-0.05, 0) is 43.7 Å². The van der Waals surface area contributed by atoms with Crippen LogP contribution in [0.5, 0.6) is 0 Å². The summed E-state index contributed by atoms with van der Waals surface area (Å²) in [5.74, 6) is 0.0139. The highest BCUT2D eigenvalue weighted by molar-refractivity contribution is 7.13. The summed E-state index contributed by atoms with van der Waals surface area (Å²) in [6.45, 7) is 1.92. The van der Waals surface area contributed by atoms with Gasteiger partial charge in [-0.15, -0.1) is 11.3 Å². The van der Waals surface area contributed by atoms with Crippen molar-refractivity contribution in [3.05, 3.63) is 51.5 Å². The second-order valence-corrected chi connectivity index (χ2v) is 6.51. The monoisotopic (exact) mass is 286 g/mol. The number of aromatic nitrogens is 1. The number of thiazole rings is 1. The van der Waals surface area contributed by atoms with Crippen LogP contribution in [0.1, 0.15) is 38.6 Å². The standard InChI is InChI=1S/C16H18N2OS/c1-11-17-10-15(20-11)16(19)18-14-8-4-7-12-5-2-3-6-13(12)9-14/h2-3,5-6,10,14H,4,7-9H2,1H3,(H,18,19). The van der Waals surface area contributed by atoms with E-state index in [9.17, 15) is 4.79 Å². The lowest BCUT2D eigenvalue weighted by atomic mass is 10.0. The third kappa shape index (κ3) is 2.90. The minimum absolute atomic E-state index is 0.0139. The van der Waals surface area contributed by atoms with Gasteiger partial charge in [0.25, 0.3) is 5.91 Å². The molecular formula is C16H18N2OS. The predicted octanol–water partition coefficient (Wildman–Crippen LogP) is 3.13. The van der Waals surface area contributed by atoms with Gasteiger partial charge in [-0.25, -0.2) is 4.98 Å². The quantitative estimate of drug-likeness (QED) is 0.862. The molecule has 20 heavy (non-hydrogen) atoms. The minimum atomic E-state index is 0.0139. The third-order valence-corrected chi connectivity index (χ3v) is 4.68. The highest BCUT2D eigenvalue weighted by Crippen LogP contribution is 2.21. The molecular weight excluding hydrogens is 268 g/mol. The first-order valence-electron chi connectivity index (χ1n) is 7.02. The third-order valence-electron chi connectivity index (χ3n) is 3.76. The normalized spacial score (nSPS) is 18.1. The summed E-state index contributed by atoms with van der Waals surface area (Å²) >= 11 is 1.45. The van der Waals surface area contributed by atoms with Crippen molar-refractivity contribution in [2.24, 2.45) is 0 Å². The molecule has 1 aromatic heterocycles. The molecule has 0 radical (unpaired) electrons. The lowest BCUT2D eigenvalue weighted by Gasteiger charge is -2.16. The van der Waals surface area contributed by atoms with E-state index in [-0.39, 0.29) is 11.9 Å². The van der Waals surface area contributed by atoms with E-state index in [1.807, 2.05) is 6.92 Å². The van der Waals surface area contributed by atoms with Crippen molar-refractivity contribution in [2.75, 3.05) is 0 Å². The smallest absolute Gasteiger partial charge is 0.263 e. The average molecular weight is 286 g/mol. The van der Waals surface area contributed by atoms with E-state index in [4.69, 9.17) is 0 Å². The van der Waals surface area contributed by atoms with Gasteiger partial charge in [-0.3, -0.25) is 4.79 Å². The van der Waals surface area contributed by atoms with Crippen LogP contribution in [0.25, 0.3) is 0 Å². The van der Waals surface area contributed by atoms with Gasteiger partial charge in [0.15, 0.2) is 0 Å². The molecule has 1 atom stereocenters. The Bertz CT molecular complexity index is 620. The molecule has 0 fully saturated rings. The van der Waals surface area contributed by atoms with Gasteiger partial charge in [0.05, 0.1) is 11.2 Å². The van der Waals surface area contributed by atoms with Gasteiger partial charge in [0.1, 0.15) is 4.88 Å². The molecule has 0 saturated heterocycles. The van der Waals surface area contributed by atoms with E-state index in [1.54, 1.807) is 6.20 Å². The summed E-state index contributed by atoms with van der Waals surface area (Å²) in [6.07, 6.45) is 5.88. The van der Waals surface area contributed by atoms with Crippen molar-refractivity contribution in [1.82, 2.24) is 10.3 Å². The van der Waals surface area contributed by atoms with Gasteiger partial charge < -0.3 is 5.32 Å². The molecule has 0 saturated carbocycles. The van der Waals surface area contributed by atoms with Crippen LogP contribution < -0.4 is 5.32 Å². The Hall–Kier alpha value is -1.68. The zero-order chi connectivity index (χ0) is 13.9. The van der Waals surface area contributed by atoms with Gasteiger partial charge in [0, 0.05) is 6.04 Å². The van der Waals surface area contributed by atoms with Crippen LogP contribution in [-0.4, -0.2) is 16.9 Å². The van der Waals surface area contributed by atoms with Crippen LogP contribution in [0, 0.1) is 6.92 Å². The van der Waals surface area contributed by atoms with E-state index in [1.165, 1.54) is 22.5 Å². The summed E-state index contributed by atoms with van der Waals surface area (Å²) < 4.78 is 0. The van der Waals surface area contributed by atoms with E-state index in [2.05, 4.69) is 34.6 Å². The fourth-order valence-electron chi connectivity index (χ4n) is 2.75. The molecule has 0 spiro atoms. The first-order chi connectivity index (χ1) is 9.72. The Morgan fingerprint density at radius 1 is 1.35 bits per heavy atom. The fourth-order valence-corrected chi connectivity index (χ4v) is 3.43. The SMILES string of the molecule is Cc1ncc(C(=O)NC2CCCc3ccccc3C2)s1. The molecule has 1 aromatic carbocycles. The highest BCUT2D eigenvalue weighted by atomic mass is 32.1. The molecule has 3 nitrogen and oxygen atoms in total. The Morgan fingerprint density at radius 2 is 2.15 bits per heavy atom. The second kappa shape index (κ2) is 5.75. The fraction of sp³-hybridized carbons (Fsp3) is 0.375. The summed E-state index contributed by atoms with van der Waals surface area (Å²) in [5.41, 5.74) is 2.80. The Balaban J connectivity index is 1.71. The molecule has 1 aliphatic rings. The maximum absolute atomic E-state index is 12.2. The number of hydrogen-bond donors (Lipinski definition) is 1. The number of nitrogens with one attached hydrogen (secondary N) is 1. The number of fused-ring (bicyclic) bond motifs is 1. The Morgan fingerprint density at radius 3 is 2.90 bits per heavy atom. The van der Waals surface area contributed by atoms with Gasteiger partial charge in [-0.1, -0.05) is 24.3 Å². The van der Waals surface area contributed by atoms with Crippen molar-refractivity contribution in [1.29, 1.82) is 0 Å². The lowest BCUT2D eigenvalue weighted by Crippen LogP contribution is -2.35. The average Bonchev–Trinajstić information content (AvgIpc) is 2.77. The van der Waals surface area contributed by atoms with Crippen molar-refractivity contribution < 1.29 is 4.79 Å². The molecule has 1 amide bonds. The Labute approximate surface area is 123 Å². The zero-order valence-electron chi connectivity index (χ0n) is 11.6. The van der Waals surface area contributed by atoms with Crippen LogP contribution in [0.4, 0.5) is 0 Å². The molecule has 3 rings (SSSR count). The molecule has 2 aromatic rings. The van der Waals surface area contributed by atoms with E-state index in [0.717, 1.165) is 30.7 Å². The number of hydrogen-bond acceptors (Lipinski definition) is 3. The number of carbonyl (C=O) groups excluding carboxylic acids is 1. The van der Waals surface area contributed by atoms with Crippen molar-refractivity contribution >= 4 is 17.2 Å². The number of amides is 1. The predicted molar refractivity (Wildman–Crippen MR) is 81.2 cm³/mol. The zero-order valence-corrected chi connectivity index (χ0v) is 12.4. The number of carbonyl (C=O) groups is 1. The number of nitrogens with zero attached hydrogens (tertiary/aromatic N) is 1.